The molecule has 2 aromatic rings. The molecule has 0 aliphatic carbocycles. The summed E-state index contributed by atoms with van der Waals surface area (Å²) in [6.07, 6.45) is 4.74. The molecule has 0 amide bonds. The van der Waals surface area contributed by atoms with Gasteiger partial charge in [0.1, 0.15) is 0 Å². The lowest BCUT2D eigenvalue weighted by molar-refractivity contribution is 0.287. The van der Waals surface area contributed by atoms with Crippen molar-refractivity contribution >= 4 is 5.96 Å². The van der Waals surface area contributed by atoms with E-state index in [1.165, 1.54) is 11.1 Å². The molecule has 0 fully saturated rings. The van der Waals surface area contributed by atoms with Gasteiger partial charge in [0.15, 0.2) is 17.5 Å². The van der Waals surface area contributed by atoms with Crippen molar-refractivity contribution in [2.75, 3.05) is 32.8 Å². The van der Waals surface area contributed by atoms with Crippen LogP contribution in [-0.4, -0.2) is 48.6 Å². The molecule has 0 saturated heterocycles. The highest BCUT2D eigenvalue weighted by molar-refractivity contribution is 5.79. The summed E-state index contributed by atoms with van der Waals surface area (Å²) in [4.78, 5) is 4.67. The topological polar surface area (TPSA) is 72.7 Å². The Morgan fingerprint density at radius 2 is 1.89 bits per heavy atom. The molecular weight excluding hydrogens is 354 g/mol. The molecule has 7 nitrogen and oxygen atoms in total. The Hall–Kier alpha value is -2.70. The van der Waals surface area contributed by atoms with Crippen molar-refractivity contribution < 1.29 is 9.47 Å². The van der Waals surface area contributed by atoms with Crippen LogP contribution < -0.4 is 20.1 Å². The van der Waals surface area contributed by atoms with Gasteiger partial charge in [0.05, 0.1) is 26.0 Å². The molecule has 0 atom stereocenters. The fourth-order valence-electron chi connectivity index (χ4n) is 2.77. The van der Waals surface area contributed by atoms with Gasteiger partial charge >= 0.3 is 0 Å². The normalized spacial score (nSPS) is 11.4. The number of aryl methyl sites for hydroxylation is 1. The second-order valence-electron chi connectivity index (χ2n) is 6.37. The summed E-state index contributed by atoms with van der Waals surface area (Å²) in [5, 5.41) is 10.9. The SMILES string of the molecule is CCNC(=NCCc1ccc(OCC)c(OCC)c1)NCCn1cc(C)cn1. The Morgan fingerprint density at radius 1 is 1.11 bits per heavy atom. The minimum Gasteiger partial charge on any atom is -0.490 e. The van der Waals surface area contributed by atoms with Crippen molar-refractivity contribution in [2.24, 2.45) is 4.99 Å². The molecule has 1 aromatic heterocycles. The molecular formula is C21H33N5O2. The highest BCUT2D eigenvalue weighted by atomic mass is 16.5. The third kappa shape index (κ3) is 7.13. The second kappa shape index (κ2) is 11.9. The van der Waals surface area contributed by atoms with Crippen LogP contribution in [0.15, 0.2) is 35.6 Å². The highest BCUT2D eigenvalue weighted by Gasteiger charge is 2.06. The Balaban J connectivity index is 1.88. The van der Waals surface area contributed by atoms with Gasteiger partial charge in [-0.2, -0.15) is 5.10 Å². The number of hydrogen-bond acceptors (Lipinski definition) is 4. The van der Waals surface area contributed by atoms with Crippen LogP contribution >= 0.6 is 0 Å². The molecule has 7 heteroatoms. The second-order valence-corrected chi connectivity index (χ2v) is 6.37. The molecule has 0 radical (unpaired) electrons. The number of aliphatic imine (C=N–C) groups is 1. The van der Waals surface area contributed by atoms with Crippen LogP contribution in [0.2, 0.25) is 0 Å². The van der Waals surface area contributed by atoms with Crippen LogP contribution in [-0.2, 0) is 13.0 Å². The Labute approximate surface area is 168 Å². The molecule has 2 N–H and O–H groups in total. The lowest BCUT2D eigenvalue weighted by Gasteiger charge is -2.13. The van der Waals surface area contributed by atoms with Crippen molar-refractivity contribution in [3.63, 3.8) is 0 Å². The van der Waals surface area contributed by atoms with Crippen LogP contribution in [0, 0.1) is 6.92 Å². The van der Waals surface area contributed by atoms with Gasteiger partial charge in [0, 0.05) is 25.8 Å². The first kappa shape index (κ1) is 21.6. The van der Waals surface area contributed by atoms with E-state index in [4.69, 9.17) is 9.47 Å². The first-order valence-electron chi connectivity index (χ1n) is 10.1. The average molecular weight is 388 g/mol. The summed E-state index contributed by atoms with van der Waals surface area (Å²) in [5.41, 5.74) is 2.35. The minimum atomic E-state index is 0.617. The van der Waals surface area contributed by atoms with E-state index in [1.54, 1.807) is 0 Å². The van der Waals surface area contributed by atoms with Gasteiger partial charge in [0.2, 0.25) is 0 Å². The Kier molecular flexibility index (Phi) is 9.18. The van der Waals surface area contributed by atoms with Crippen molar-refractivity contribution in [1.82, 2.24) is 20.4 Å². The van der Waals surface area contributed by atoms with Crippen molar-refractivity contribution in [1.29, 1.82) is 0 Å². The molecule has 1 aromatic carbocycles. The lowest BCUT2D eigenvalue weighted by atomic mass is 10.1. The van der Waals surface area contributed by atoms with Gasteiger partial charge in [-0.1, -0.05) is 6.07 Å². The fourth-order valence-corrected chi connectivity index (χ4v) is 2.77. The molecule has 0 saturated carbocycles. The molecule has 2 rings (SSSR count). The summed E-state index contributed by atoms with van der Waals surface area (Å²) in [7, 11) is 0. The van der Waals surface area contributed by atoms with Crippen LogP contribution in [0.1, 0.15) is 31.9 Å². The molecule has 1 heterocycles. The first-order valence-corrected chi connectivity index (χ1v) is 10.1. The van der Waals surface area contributed by atoms with Gasteiger partial charge in [-0.05, 0) is 57.4 Å². The maximum atomic E-state index is 5.70. The molecule has 28 heavy (non-hydrogen) atoms. The predicted octanol–water partition coefficient (Wildman–Crippen LogP) is 2.79. The highest BCUT2D eigenvalue weighted by Crippen LogP contribution is 2.28. The smallest absolute Gasteiger partial charge is 0.191 e. The van der Waals surface area contributed by atoms with Crippen LogP contribution in [0.25, 0.3) is 0 Å². The fraction of sp³-hybridized carbons (Fsp3) is 0.524. The monoisotopic (exact) mass is 387 g/mol. The van der Waals surface area contributed by atoms with E-state index in [0.717, 1.165) is 43.5 Å². The first-order chi connectivity index (χ1) is 13.7. The van der Waals surface area contributed by atoms with E-state index in [1.807, 2.05) is 50.0 Å². The van der Waals surface area contributed by atoms with Crippen LogP contribution in [0.5, 0.6) is 11.5 Å². The number of guanidine groups is 1. The molecule has 0 spiro atoms. The number of nitrogens with zero attached hydrogens (tertiary/aromatic N) is 3. The standard InChI is InChI=1S/C21H33N5O2/c1-5-22-21(24-12-13-26-16-17(4)15-25-26)23-11-10-18-8-9-19(27-6-2)20(14-18)28-7-3/h8-9,14-16H,5-7,10-13H2,1-4H3,(H2,22,23,24). The van der Waals surface area contributed by atoms with Gasteiger partial charge in [-0.25, -0.2) is 0 Å². The van der Waals surface area contributed by atoms with Crippen molar-refractivity contribution in [3.8, 4) is 11.5 Å². The van der Waals surface area contributed by atoms with Gasteiger partial charge in [-0.3, -0.25) is 9.67 Å². The van der Waals surface area contributed by atoms with E-state index in [2.05, 4.69) is 33.7 Å². The predicted molar refractivity (Wildman–Crippen MR) is 113 cm³/mol. The van der Waals surface area contributed by atoms with Crippen molar-refractivity contribution in [2.45, 2.75) is 40.7 Å². The molecule has 154 valence electrons. The summed E-state index contributed by atoms with van der Waals surface area (Å²) >= 11 is 0. The molecule has 0 bridgehead atoms. The third-order valence-electron chi connectivity index (χ3n) is 4.02. The summed E-state index contributed by atoms with van der Waals surface area (Å²) in [6, 6.07) is 6.09. The van der Waals surface area contributed by atoms with E-state index in [0.29, 0.717) is 19.8 Å². The van der Waals surface area contributed by atoms with Gasteiger partial charge < -0.3 is 20.1 Å². The maximum Gasteiger partial charge on any atom is 0.191 e. The minimum absolute atomic E-state index is 0.617. The van der Waals surface area contributed by atoms with Crippen molar-refractivity contribution in [3.05, 3.63) is 41.7 Å². The molecule has 0 aliphatic rings. The maximum absolute atomic E-state index is 5.70. The summed E-state index contributed by atoms with van der Waals surface area (Å²) < 4.78 is 13.3. The number of ether oxygens (including phenoxy) is 2. The Bertz CT molecular complexity index is 742. The van der Waals surface area contributed by atoms with Gasteiger partial charge in [-0.15, -0.1) is 0 Å². The zero-order valence-electron chi connectivity index (χ0n) is 17.5. The van der Waals surface area contributed by atoms with Gasteiger partial charge in [0.25, 0.3) is 0 Å². The van der Waals surface area contributed by atoms with E-state index < -0.39 is 0 Å². The number of hydrogen-bond donors (Lipinski definition) is 2. The number of benzene rings is 1. The number of nitrogens with one attached hydrogen (secondary N) is 2. The number of rotatable bonds is 11. The molecule has 0 aliphatic heterocycles. The summed E-state index contributed by atoms with van der Waals surface area (Å²) in [6.45, 7) is 12.4. The Morgan fingerprint density at radius 3 is 2.57 bits per heavy atom. The van der Waals surface area contributed by atoms with E-state index in [9.17, 15) is 0 Å². The van der Waals surface area contributed by atoms with E-state index >= 15 is 0 Å². The largest absolute Gasteiger partial charge is 0.490 e. The zero-order chi connectivity index (χ0) is 20.2. The number of aromatic nitrogens is 2. The molecule has 0 unspecified atom stereocenters. The third-order valence-corrected chi connectivity index (χ3v) is 4.02. The quantitative estimate of drug-likeness (QED) is 0.458. The zero-order valence-corrected chi connectivity index (χ0v) is 17.5. The van der Waals surface area contributed by atoms with Crippen LogP contribution in [0.4, 0.5) is 0 Å². The lowest BCUT2D eigenvalue weighted by Crippen LogP contribution is -2.39. The van der Waals surface area contributed by atoms with E-state index in [-0.39, 0.29) is 0 Å². The summed E-state index contributed by atoms with van der Waals surface area (Å²) in [5.74, 6) is 2.41. The van der Waals surface area contributed by atoms with Crippen LogP contribution in [0.3, 0.4) is 0 Å². The average Bonchev–Trinajstić information content (AvgIpc) is 3.09.